The highest BCUT2D eigenvalue weighted by Crippen LogP contribution is 2.24. The van der Waals surface area contributed by atoms with Crippen molar-refractivity contribution in [1.29, 1.82) is 0 Å². The maximum Gasteiger partial charge on any atom is 0.306 e. The van der Waals surface area contributed by atoms with E-state index in [0.717, 1.165) is 0 Å². The summed E-state index contributed by atoms with van der Waals surface area (Å²) in [5, 5.41) is 0. The van der Waals surface area contributed by atoms with Crippen LogP contribution in [0.25, 0.3) is 0 Å². The number of rotatable bonds is 10. The molecular formula is C14H29O6P. The molecule has 0 aromatic heterocycles. The molecular weight excluding hydrogens is 295 g/mol. The second kappa shape index (κ2) is 12.8. The van der Waals surface area contributed by atoms with Crippen LogP contribution in [0.5, 0.6) is 0 Å². The minimum absolute atomic E-state index is 0. The SMILES string of the molecule is CC(C)OC(=O)CCC[PH](=O)CCCC(=O)OC(C)C.O. The maximum absolute atomic E-state index is 11.7. The van der Waals surface area contributed by atoms with Gasteiger partial charge in [0, 0.05) is 12.8 Å². The van der Waals surface area contributed by atoms with Crippen LogP contribution in [0.4, 0.5) is 0 Å². The molecule has 6 nitrogen and oxygen atoms in total. The summed E-state index contributed by atoms with van der Waals surface area (Å²) < 4.78 is 21.7. The van der Waals surface area contributed by atoms with Crippen molar-refractivity contribution in [1.82, 2.24) is 0 Å². The van der Waals surface area contributed by atoms with E-state index in [-0.39, 0.29) is 29.6 Å². The zero-order valence-corrected chi connectivity index (χ0v) is 14.4. The maximum atomic E-state index is 11.7. The Bertz CT molecular complexity index is 297. The third-order valence-corrected chi connectivity index (χ3v) is 4.23. The van der Waals surface area contributed by atoms with Gasteiger partial charge in [-0.1, -0.05) is 0 Å². The molecule has 0 fully saturated rings. The quantitative estimate of drug-likeness (QED) is 0.453. The first-order chi connectivity index (χ1) is 9.31. The monoisotopic (exact) mass is 324 g/mol. The lowest BCUT2D eigenvalue weighted by molar-refractivity contribution is -0.148. The van der Waals surface area contributed by atoms with Crippen LogP contribution in [0.15, 0.2) is 0 Å². The summed E-state index contributed by atoms with van der Waals surface area (Å²) in [5.74, 6) is -0.481. The molecule has 0 aliphatic heterocycles. The molecule has 126 valence electrons. The molecule has 0 radical (unpaired) electrons. The van der Waals surface area contributed by atoms with Gasteiger partial charge in [0.1, 0.15) is 0 Å². The third kappa shape index (κ3) is 15.3. The number of hydrogen-bond donors (Lipinski definition) is 0. The van der Waals surface area contributed by atoms with Gasteiger partial charge in [-0.2, -0.15) is 0 Å². The molecule has 0 amide bonds. The molecule has 0 saturated carbocycles. The molecule has 21 heavy (non-hydrogen) atoms. The lowest BCUT2D eigenvalue weighted by atomic mass is 10.3. The third-order valence-electron chi connectivity index (χ3n) is 2.41. The number of esters is 2. The van der Waals surface area contributed by atoms with Crippen molar-refractivity contribution in [3.63, 3.8) is 0 Å². The van der Waals surface area contributed by atoms with Crippen LogP contribution >= 0.6 is 7.80 Å². The van der Waals surface area contributed by atoms with Gasteiger partial charge in [0.05, 0.1) is 20.0 Å². The Hall–Kier alpha value is -0.870. The van der Waals surface area contributed by atoms with Crippen molar-refractivity contribution >= 4 is 19.7 Å². The van der Waals surface area contributed by atoms with Gasteiger partial charge in [0.2, 0.25) is 0 Å². The predicted molar refractivity (Wildman–Crippen MR) is 83.3 cm³/mol. The zero-order valence-electron chi connectivity index (χ0n) is 13.4. The predicted octanol–water partition coefficient (Wildman–Crippen LogP) is 2.19. The molecule has 0 saturated heterocycles. The van der Waals surface area contributed by atoms with E-state index in [1.165, 1.54) is 0 Å². The molecule has 0 aromatic carbocycles. The van der Waals surface area contributed by atoms with Gasteiger partial charge in [-0.25, -0.2) is 0 Å². The Balaban J connectivity index is 0. The van der Waals surface area contributed by atoms with Crippen LogP contribution < -0.4 is 0 Å². The normalized spacial score (nSPS) is 10.6. The second-order valence-corrected chi connectivity index (χ2v) is 7.40. The first-order valence-corrected chi connectivity index (χ1v) is 9.04. The van der Waals surface area contributed by atoms with Gasteiger partial charge in [0.15, 0.2) is 0 Å². The molecule has 0 atom stereocenters. The molecule has 0 heterocycles. The zero-order chi connectivity index (χ0) is 15.5. The molecule has 0 aromatic rings. The fraction of sp³-hybridized carbons (Fsp3) is 0.857. The van der Waals surface area contributed by atoms with Crippen molar-refractivity contribution in [2.75, 3.05) is 12.3 Å². The molecule has 0 aliphatic carbocycles. The highest BCUT2D eigenvalue weighted by Gasteiger charge is 2.09. The van der Waals surface area contributed by atoms with Crippen molar-refractivity contribution in [2.45, 2.75) is 65.6 Å². The summed E-state index contributed by atoms with van der Waals surface area (Å²) in [6.07, 6.45) is 2.65. The minimum Gasteiger partial charge on any atom is -0.463 e. The highest BCUT2D eigenvalue weighted by molar-refractivity contribution is 7.44. The van der Waals surface area contributed by atoms with E-state index in [1.807, 2.05) is 0 Å². The van der Waals surface area contributed by atoms with Crippen LogP contribution in [0.3, 0.4) is 0 Å². The number of carbonyl (C=O) groups excluding carboxylic acids is 2. The van der Waals surface area contributed by atoms with Gasteiger partial charge in [-0.05, 0) is 52.9 Å². The Morgan fingerprint density at radius 3 is 1.48 bits per heavy atom. The standard InChI is InChI=1S/C14H27O5P.H2O/c1-11(2)18-13(15)7-5-9-20(17)10-6-8-14(16)19-12(3)4;/h11-12,20H,5-10H2,1-4H3;1H2. The van der Waals surface area contributed by atoms with Crippen LogP contribution in [0.1, 0.15) is 53.4 Å². The van der Waals surface area contributed by atoms with Crippen molar-refractivity contribution in [2.24, 2.45) is 0 Å². The van der Waals surface area contributed by atoms with Gasteiger partial charge in [0.25, 0.3) is 0 Å². The summed E-state index contributed by atoms with van der Waals surface area (Å²) in [6, 6.07) is 0. The minimum atomic E-state index is -1.70. The smallest absolute Gasteiger partial charge is 0.306 e. The Morgan fingerprint density at radius 2 is 1.19 bits per heavy atom. The van der Waals surface area contributed by atoms with Crippen LogP contribution in [0, 0.1) is 0 Å². The van der Waals surface area contributed by atoms with E-state index in [0.29, 0.717) is 38.0 Å². The van der Waals surface area contributed by atoms with Crippen molar-refractivity contribution in [3.05, 3.63) is 0 Å². The first kappa shape index (κ1) is 22.4. The summed E-state index contributed by atoms with van der Waals surface area (Å²) in [5.41, 5.74) is 0. The van der Waals surface area contributed by atoms with Gasteiger partial charge >= 0.3 is 11.9 Å². The fourth-order valence-corrected chi connectivity index (χ4v) is 3.02. The average molecular weight is 324 g/mol. The van der Waals surface area contributed by atoms with E-state index in [4.69, 9.17) is 9.47 Å². The van der Waals surface area contributed by atoms with Crippen LogP contribution in [-0.4, -0.2) is 41.9 Å². The number of ether oxygens (including phenoxy) is 2. The summed E-state index contributed by atoms with van der Waals surface area (Å²) in [4.78, 5) is 22.5. The van der Waals surface area contributed by atoms with Crippen LogP contribution in [0.2, 0.25) is 0 Å². The molecule has 0 spiro atoms. The molecule has 0 bridgehead atoms. The van der Waals surface area contributed by atoms with Gasteiger partial charge in [-0.3, -0.25) is 9.59 Å². The fourth-order valence-electron chi connectivity index (χ4n) is 1.63. The van der Waals surface area contributed by atoms with E-state index < -0.39 is 7.80 Å². The molecule has 0 unspecified atom stereocenters. The topological polar surface area (TPSA) is 101 Å². The second-order valence-electron chi connectivity index (χ2n) is 5.32. The molecule has 0 rings (SSSR count). The van der Waals surface area contributed by atoms with Gasteiger partial charge < -0.3 is 19.5 Å². The van der Waals surface area contributed by atoms with Gasteiger partial charge in [-0.15, -0.1) is 0 Å². The molecule has 7 heteroatoms. The van der Waals surface area contributed by atoms with E-state index in [1.54, 1.807) is 27.7 Å². The lowest BCUT2D eigenvalue weighted by Crippen LogP contribution is -2.11. The summed E-state index contributed by atoms with van der Waals surface area (Å²) >= 11 is 0. The number of hydrogen-bond acceptors (Lipinski definition) is 5. The lowest BCUT2D eigenvalue weighted by Gasteiger charge is -2.08. The van der Waals surface area contributed by atoms with Crippen LogP contribution in [-0.2, 0) is 23.6 Å². The van der Waals surface area contributed by atoms with E-state index in [9.17, 15) is 14.2 Å². The molecule has 0 aliphatic rings. The largest absolute Gasteiger partial charge is 0.463 e. The Morgan fingerprint density at radius 1 is 0.857 bits per heavy atom. The Labute approximate surface area is 127 Å². The first-order valence-electron chi connectivity index (χ1n) is 7.22. The summed E-state index contributed by atoms with van der Waals surface area (Å²) in [7, 11) is -1.70. The molecule has 2 N–H and O–H groups in total. The average Bonchev–Trinajstić information content (AvgIpc) is 2.26. The van der Waals surface area contributed by atoms with E-state index in [2.05, 4.69) is 0 Å². The van der Waals surface area contributed by atoms with Crippen molar-refractivity contribution < 1.29 is 29.1 Å². The highest BCUT2D eigenvalue weighted by atomic mass is 31.1. The Kier molecular flexibility index (Phi) is 13.7. The summed E-state index contributed by atoms with van der Waals surface area (Å²) in [6.45, 7) is 7.21. The van der Waals surface area contributed by atoms with Crippen molar-refractivity contribution in [3.8, 4) is 0 Å². The number of carbonyl (C=O) groups is 2. The van der Waals surface area contributed by atoms with E-state index >= 15 is 0 Å².